The van der Waals surface area contributed by atoms with Crippen LogP contribution >= 0.6 is 11.6 Å². The molecule has 2 nitrogen and oxygen atoms in total. The molecular formula is C15H22ClNO. The van der Waals surface area contributed by atoms with Gasteiger partial charge in [0.2, 0.25) is 0 Å². The van der Waals surface area contributed by atoms with Gasteiger partial charge in [0.1, 0.15) is 5.75 Å². The third-order valence-electron chi connectivity index (χ3n) is 3.70. The van der Waals surface area contributed by atoms with Crippen LogP contribution in [0.1, 0.15) is 38.3 Å². The third-order valence-corrected chi connectivity index (χ3v) is 3.92. The fourth-order valence-electron chi connectivity index (χ4n) is 2.14. The zero-order valence-corrected chi connectivity index (χ0v) is 12.2. The quantitative estimate of drug-likeness (QED) is 0.876. The van der Waals surface area contributed by atoms with E-state index in [1.54, 1.807) is 0 Å². The van der Waals surface area contributed by atoms with E-state index in [9.17, 15) is 0 Å². The second kappa shape index (κ2) is 5.50. The molecule has 0 aromatic heterocycles. The van der Waals surface area contributed by atoms with E-state index in [0.717, 1.165) is 36.9 Å². The summed E-state index contributed by atoms with van der Waals surface area (Å²) in [5, 5.41) is 4.32. The number of nitrogens with one attached hydrogen (secondary N) is 1. The maximum Gasteiger partial charge on any atom is 0.127 e. The fourth-order valence-corrected chi connectivity index (χ4v) is 2.40. The third kappa shape index (κ3) is 3.18. The Labute approximate surface area is 115 Å². The van der Waals surface area contributed by atoms with Gasteiger partial charge in [-0.2, -0.15) is 0 Å². The predicted molar refractivity (Wildman–Crippen MR) is 76.4 cm³/mol. The van der Waals surface area contributed by atoms with Gasteiger partial charge in [0, 0.05) is 30.1 Å². The van der Waals surface area contributed by atoms with Gasteiger partial charge in [0.05, 0.1) is 6.61 Å². The highest BCUT2D eigenvalue weighted by atomic mass is 35.5. The first kappa shape index (κ1) is 13.7. The number of rotatable bonds is 5. The van der Waals surface area contributed by atoms with Crippen LogP contribution in [0, 0.1) is 5.41 Å². The zero-order chi connectivity index (χ0) is 13.2. The summed E-state index contributed by atoms with van der Waals surface area (Å²) in [6, 6.07) is 4.03. The van der Waals surface area contributed by atoms with Gasteiger partial charge in [-0.15, -0.1) is 0 Å². The first-order chi connectivity index (χ1) is 8.52. The molecule has 0 spiro atoms. The van der Waals surface area contributed by atoms with E-state index in [2.05, 4.69) is 26.1 Å². The van der Waals surface area contributed by atoms with Gasteiger partial charge in [-0.1, -0.05) is 32.4 Å². The lowest BCUT2D eigenvalue weighted by atomic mass is 9.90. The largest absolute Gasteiger partial charge is 0.493 e. The summed E-state index contributed by atoms with van der Waals surface area (Å²) in [5.74, 6) is 1.04. The Morgan fingerprint density at radius 1 is 1.39 bits per heavy atom. The normalized spacial score (nSPS) is 14.4. The molecule has 0 saturated heterocycles. The molecule has 0 aliphatic carbocycles. The lowest BCUT2D eigenvalue weighted by molar-refractivity contribution is 0.323. The summed E-state index contributed by atoms with van der Waals surface area (Å²) < 4.78 is 5.69. The Morgan fingerprint density at radius 3 is 2.89 bits per heavy atom. The highest BCUT2D eigenvalue weighted by Crippen LogP contribution is 2.32. The molecule has 18 heavy (non-hydrogen) atoms. The van der Waals surface area contributed by atoms with E-state index in [1.807, 2.05) is 12.1 Å². The van der Waals surface area contributed by atoms with Crippen LogP contribution in [-0.2, 0) is 13.0 Å². The predicted octanol–water partition coefficient (Wildman–Crippen LogP) is 3.80. The van der Waals surface area contributed by atoms with Gasteiger partial charge in [-0.05, 0) is 29.5 Å². The molecule has 2 rings (SSSR count). The Hall–Kier alpha value is -0.730. The monoisotopic (exact) mass is 267 g/mol. The summed E-state index contributed by atoms with van der Waals surface area (Å²) in [5.41, 5.74) is 2.76. The molecule has 0 unspecified atom stereocenters. The van der Waals surface area contributed by atoms with Crippen molar-refractivity contribution in [2.75, 3.05) is 13.2 Å². The SMILES string of the molecule is CCC(C)(C)CNCc1cc(Cl)cc2c1OCC2. The number of hydrogen-bond donors (Lipinski definition) is 1. The fraction of sp³-hybridized carbons (Fsp3) is 0.600. The smallest absolute Gasteiger partial charge is 0.127 e. The van der Waals surface area contributed by atoms with E-state index < -0.39 is 0 Å². The van der Waals surface area contributed by atoms with Gasteiger partial charge < -0.3 is 10.1 Å². The van der Waals surface area contributed by atoms with Crippen molar-refractivity contribution in [1.29, 1.82) is 0 Å². The van der Waals surface area contributed by atoms with Crippen LogP contribution in [0.2, 0.25) is 5.02 Å². The number of hydrogen-bond acceptors (Lipinski definition) is 2. The standard InChI is InChI=1S/C15H22ClNO/c1-4-15(2,3)10-17-9-12-8-13(16)7-11-5-6-18-14(11)12/h7-8,17H,4-6,9-10H2,1-3H3. The number of benzene rings is 1. The van der Waals surface area contributed by atoms with Crippen LogP contribution in [-0.4, -0.2) is 13.2 Å². The van der Waals surface area contributed by atoms with Crippen molar-refractivity contribution >= 4 is 11.6 Å². The minimum absolute atomic E-state index is 0.336. The van der Waals surface area contributed by atoms with Crippen molar-refractivity contribution in [2.45, 2.75) is 40.2 Å². The Bertz CT molecular complexity index is 429. The van der Waals surface area contributed by atoms with Crippen LogP contribution < -0.4 is 10.1 Å². The molecule has 100 valence electrons. The minimum atomic E-state index is 0.336. The van der Waals surface area contributed by atoms with Crippen molar-refractivity contribution in [1.82, 2.24) is 5.32 Å². The molecule has 0 radical (unpaired) electrons. The summed E-state index contributed by atoms with van der Waals surface area (Å²) in [6.45, 7) is 9.39. The van der Waals surface area contributed by atoms with Crippen molar-refractivity contribution < 1.29 is 4.74 Å². The molecule has 1 aliphatic rings. The van der Waals surface area contributed by atoms with Gasteiger partial charge >= 0.3 is 0 Å². The van der Waals surface area contributed by atoms with E-state index in [1.165, 1.54) is 17.5 Å². The Kier molecular flexibility index (Phi) is 4.18. The summed E-state index contributed by atoms with van der Waals surface area (Å²) in [6.07, 6.45) is 2.15. The van der Waals surface area contributed by atoms with Gasteiger partial charge in [0.15, 0.2) is 0 Å². The molecule has 0 atom stereocenters. The molecule has 1 aromatic carbocycles. The zero-order valence-electron chi connectivity index (χ0n) is 11.5. The Morgan fingerprint density at radius 2 is 2.17 bits per heavy atom. The summed E-state index contributed by atoms with van der Waals surface area (Å²) >= 11 is 6.14. The van der Waals surface area contributed by atoms with Crippen molar-refractivity contribution in [2.24, 2.45) is 5.41 Å². The maximum atomic E-state index is 6.14. The van der Waals surface area contributed by atoms with Crippen molar-refractivity contribution in [3.8, 4) is 5.75 Å². The van der Waals surface area contributed by atoms with Gasteiger partial charge in [-0.25, -0.2) is 0 Å². The average Bonchev–Trinajstić information content (AvgIpc) is 2.76. The molecule has 3 heteroatoms. The molecule has 1 aromatic rings. The maximum absolute atomic E-state index is 6.14. The van der Waals surface area contributed by atoms with E-state index >= 15 is 0 Å². The molecule has 0 fully saturated rings. The van der Waals surface area contributed by atoms with Crippen molar-refractivity contribution in [3.63, 3.8) is 0 Å². The molecule has 1 aliphatic heterocycles. The van der Waals surface area contributed by atoms with E-state index in [0.29, 0.717) is 5.41 Å². The lowest BCUT2D eigenvalue weighted by Gasteiger charge is -2.23. The van der Waals surface area contributed by atoms with Gasteiger partial charge in [-0.3, -0.25) is 0 Å². The summed E-state index contributed by atoms with van der Waals surface area (Å²) in [4.78, 5) is 0. The molecule has 0 bridgehead atoms. The van der Waals surface area contributed by atoms with Gasteiger partial charge in [0.25, 0.3) is 0 Å². The first-order valence-corrected chi connectivity index (χ1v) is 7.04. The molecule has 1 heterocycles. The number of ether oxygens (including phenoxy) is 1. The second-order valence-electron chi connectivity index (χ2n) is 5.77. The lowest BCUT2D eigenvalue weighted by Crippen LogP contribution is -2.28. The first-order valence-electron chi connectivity index (χ1n) is 6.66. The molecule has 0 amide bonds. The van der Waals surface area contributed by atoms with E-state index in [-0.39, 0.29) is 0 Å². The average molecular weight is 268 g/mol. The second-order valence-corrected chi connectivity index (χ2v) is 6.21. The van der Waals surface area contributed by atoms with Crippen LogP contribution in [0.25, 0.3) is 0 Å². The van der Waals surface area contributed by atoms with Crippen LogP contribution in [0.3, 0.4) is 0 Å². The topological polar surface area (TPSA) is 21.3 Å². The number of halogens is 1. The highest BCUT2D eigenvalue weighted by Gasteiger charge is 2.18. The molecular weight excluding hydrogens is 246 g/mol. The minimum Gasteiger partial charge on any atom is -0.493 e. The van der Waals surface area contributed by atoms with E-state index in [4.69, 9.17) is 16.3 Å². The highest BCUT2D eigenvalue weighted by molar-refractivity contribution is 6.30. The Balaban J connectivity index is 2.02. The summed E-state index contributed by atoms with van der Waals surface area (Å²) in [7, 11) is 0. The van der Waals surface area contributed by atoms with Crippen molar-refractivity contribution in [3.05, 3.63) is 28.3 Å². The van der Waals surface area contributed by atoms with Crippen LogP contribution in [0.15, 0.2) is 12.1 Å². The number of fused-ring (bicyclic) bond motifs is 1. The molecule has 0 saturated carbocycles. The van der Waals surface area contributed by atoms with Crippen LogP contribution in [0.4, 0.5) is 0 Å². The molecule has 1 N–H and O–H groups in total. The van der Waals surface area contributed by atoms with Crippen LogP contribution in [0.5, 0.6) is 5.75 Å².